The van der Waals surface area contributed by atoms with E-state index < -0.39 is 12.2 Å². The molecule has 228 valence electrons. The summed E-state index contributed by atoms with van der Waals surface area (Å²) in [5, 5.41) is 10.2. The first kappa shape index (κ1) is 32.0. The Hall–Kier alpha value is -4.92. The number of anilines is 2. The summed E-state index contributed by atoms with van der Waals surface area (Å²) in [5.74, 6) is 3.82. The van der Waals surface area contributed by atoms with Gasteiger partial charge in [0.05, 0.1) is 22.3 Å². The predicted octanol–water partition coefficient (Wildman–Crippen LogP) is 6.56. The number of carbonyl (C=O) groups excluding carboxylic acids is 2. The number of rotatable bonds is 7. The molecule has 2 amide bonds. The molecule has 0 saturated carbocycles. The maximum Gasteiger partial charge on any atom is 0.417 e. The van der Waals surface area contributed by atoms with Crippen LogP contribution in [0.5, 0.6) is 11.5 Å². The number of carbonyl (C=O) groups is 2. The summed E-state index contributed by atoms with van der Waals surface area (Å²) in [5.41, 5.74) is 1.34. The number of ether oxygens (including phenoxy) is 3. The van der Waals surface area contributed by atoms with Crippen molar-refractivity contribution < 1.29 is 23.8 Å². The molecule has 3 aromatic carbocycles. The molecule has 4 aromatic rings. The lowest BCUT2D eigenvalue weighted by Crippen LogP contribution is -2.26. The number of nitrogens with zero attached hydrogens (tertiary/aromatic N) is 3. The van der Waals surface area contributed by atoms with Crippen molar-refractivity contribution in [3.63, 3.8) is 0 Å². The quantitative estimate of drug-likeness (QED) is 0.220. The van der Waals surface area contributed by atoms with Crippen LogP contribution in [0.25, 0.3) is 5.69 Å². The van der Waals surface area contributed by atoms with E-state index in [1.807, 2.05) is 6.07 Å². The highest BCUT2D eigenvalue weighted by Crippen LogP contribution is 2.32. The third-order valence-corrected chi connectivity index (χ3v) is 6.70. The smallest absolute Gasteiger partial charge is 0.417 e. The summed E-state index contributed by atoms with van der Waals surface area (Å²) in [6, 6.07) is 18.5. The first-order chi connectivity index (χ1) is 21.3. The average molecular weight is 639 g/mol. The predicted molar refractivity (Wildman–Crippen MR) is 168 cm³/mol. The van der Waals surface area contributed by atoms with Crippen LogP contribution < -0.4 is 25.8 Å². The molecule has 0 atom stereocenters. The highest BCUT2D eigenvalue weighted by molar-refractivity contribution is 6.36. The molecule has 13 heteroatoms. The van der Waals surface area contributed by atoms with Gasteiger partial charge in [0.15, 0.2) is 0 Å². The van der Waals surface area contributed by atoms with Crippen molar-refractivity contribution in [3.8, 4) is 29.5 Å². The Morgan fingerprint density at radius 1 is 0.977 bits per heavy atom. The van der Waals surface area contributed by atoms with Crippen LogP contribution >= 0.6 is 23.2 Å². The number of aromatic nitrogens is 3. The largest absolute Gasteiger partial charge is 0.479 e. The number of hydrogen-bond donors (Lipinski definition) is 2. The van der Waals surface area contributed by atoms with Crippen molar-refractivity contribution >= 4 is 46.8 Å². The summed E-state index contributed by atoms with van der Waals surface area (Å²) in [4.78, 5) is 35.6. The molecule has 1 aliphatic rings. The molecule has 5 rings (SSSR count). The van der Waals surface area contributed by atoms with Gasteiger partial charge in [0, 0.05) is 36.5 Å². The molecule has 0 saturated heterocycles. The molecule has 0 radical (unpaired) electrons. The SMILES string of the molecule is C#CCOc1cc(-n2nc3n(c2=O)CCCC3)c(Cl)cc1Cl.CCOC(=O)Nc1cccc(OC(=O)Nc2ccccc2)c1. The van der Waals surface area contributed by atoms with Gasteiger partial charge in [0.2, 0.25) is 0 Å². The highest BCUT2D eigenvalue weighted by Gasteiger charge is 2.20. The van der Waals surface area contributed by atoms with Crippen LogP contribution in [0.15, 0.2) is 71.5 Å². The summed E-state index contributed by atoms with van der Waals surface area (Å²) < 4.78 is 18.3. The Bertz CT molecular complexity index is 1710. The van der Waals surface area contributed by atoms with Crippen LogP contribution in [0.4, 0.5) is 21.0 Å². The lowest BCUT2D eigenvalue weighted by molar-refractivity contribution is 0.168. The summed E-state index contributed by atoms with van der Waals surface area (Å²) >= 11 is 12.3. The normalized spacial score (nSPS) is 11.6. The minimum atomic E-state index is -0.612. The van der Waals surface area contributed by atoms with Gasteiger partial charge in [0.1, 0.15) is 23.9 Å². The van der Waals surface area contributed by atoms with Crippen molar-refractivity contribution in [3.05, 3.63) is 93.1 Å². The molecule has 2 heterocycles. The van der Waals surface area contributed by atoms with E-state index in [0.717, 1.165) is 25.1 Å². The minimum Gasteiger partial charge on any atom is -0.479 e. The van der Waals surface area contributed by atoms with Crippen molar-refractivity contribution in [2.75, 3.05) is 23.8 Å². The highest BCUT2D eigenvalue weighted by atomic mass is 35.5. The van der Waals surface area contributed by atoms with Gasteiger partial charge < -0.3 is 14.2 Å². The summed E-state index contributed by atoms with van der Waals surface area (Å²) in [6.45, 7) is 2.75. The number of aryl methyl sites for hydroxylation is 1. The molecule has 0 unspecified atom stereocenters. The van der Waals surface area contributed by atoms with Gasteiger partial charge in [-0.1, -0.05) is 53.4 Å². The Morgan fingerprint density at radius 2 is 1.73 bits per heavy atom. The second kappa shape index (κ2) is 15.5. The van der Waals surface area contributed by atoms with E-state index in [0.29, 0.717) is 45.2 Å². The lowest BCUT2D eigenvalue weighted by Gasteiger charge is -2.09. The maximum atomic E-state index is 12.5. The molecule has 1 aliphatic heterocycles. The van der Waals surface area contributed by atoms with Gasteiger partial charge in [-0.3, -0.25) is 15.2 Å². The molecular weight excluding hydrogens is 609 g/mol. The minimum absolute atomic E-state index is 0.0788. The van der Waals surface area contributed by atoms with Crippen LogP contribution in [0.1, 0.15) is 25.6 Å². The molecule has 1 aromatic heterocycles. The van der Waals surface area contributed by atoms with E-state index in [4.69, 9.17) is 43.8 Å². The third-order valence-electron chi connectivity index (χ3n) is 6.10. The lowest BCUT2D eigenvalue weighted by atomic mass is 10.2. The summed E-state index contributed by atoms with van der Waals surface area (Å²) in [7, 11) is 0. The number of benzene rings is 3. The molecule has 0 fully saturated rings. The Balaban J connectivity index is 0.000000201. The van der Waals surface area contributed by atoms with Crippen LogP contribution in [0.2, 0.25) is 10.0 Å². The van der Waals surface area contributed by atoms with Gasteiger partial charge in [-0.2, -0.15) is 4.68 Å². The van der Waals surface area contributed by atoms with Gasteiger partial charge in [-0.05, 0) is 50.1 Å². The molecule has 44 heavy (non-hydrogen) atoms. The fourth-order valence-electron chi connectivity index (χ4n) is 4.16. The van der Waals surface area contributed by atoms with E-state index >= 15 is 0 Å². The van der Waals surface area contributed by atoms with Crippen molar-refractivity contribution in [2.24, 2.45) is 0 Å². The zero-order valence-electron chi connectivity index (χ0n) is 23.7. The molecular formula is C31H29Cl2N5O6. The van der Waals surface area contributed by atoms with E-state index in [9.17, 15) is 14.4 Å². The first-order valence-corrected chi connectivity index (χ1v) is 14.4. The number of hydrogen-bond acceptors (Lipinski definition) is 7. The van der Waals surface area contributed by atoms with E-state index in [1.54, 1.807) is 60.0 Å². The van der Waals surface area contributed by atoms with Crippen LogP contribution in [-0.4, -0.2) is 39.7 Å². The zero-order chi connectivity index (χ0) is 31.5. The topological polar surface area (TPSA) is 126 Å². The zero-order valence-corrected chi connectivity index (χ0v) is 25.2. The first-order valence-electron chi connectivity index (χ1n) is 13.6. The van der Waals surface area contributed by atoms with Crippen molar-refractivity contribution in [1.29, 1.82) is 0 Å². The number of fused-ring (bicyclic) bond motifs is 1. The van der Waals surface area contributed by atoms with Crippen LogP contribution in [0, 0.1) is 12.3 Å². The number of nitrogens with one attached hydrogen (secondary N) is 2. The fourth-order valence-corrected chi connectivity index (χ4v) is 4.68. The van der Waals surface area contributed by atoms with E-state index in [2.05, 4.69) is 21.7 Å². The number of para-hydroxylation sites is 1. The fraction of sp³-hybridized carbons (Fsp3) is 0.226. The number of amides is 2. The van der Waals surface area contributed by atoms with Gasteiger partial charge in [0.25, 0.3) is 0 Å². The Kier molecular flexibility index (Phi) is 11.3. The molecule has 11 nitrogen and oxygen atoms in total. The monoisotopic (exact) mass is 637 g/mol. The molecule has 0 bridgehead atoms. The molecule has 0 aliphatic carbocycles. The van der Waals surface area contributed by atoms with E-state index in [-0.39, 0.29) is 18.9 Å². The second-order valence-corrected chi connectivity index (χ2v) is 10.0. The second-order valence-electron chi connectivity index (χ2n) is 9.20. The maximum absolute atomic E-state index is 12.5. The summed E-state index contributed by atoms with van der Waals surface area (Å²) in [6.07, 6.45) is 6.80. The number of halogens is 2. The van der Waals surface area contributed by atoms with Crippen molar-refractivity contribution in [1.82, 2.24) is 14.3 Å². The van der Waals surface area contributed by atoms with Crippen LogP contribution in [-0.2, 0) is 17.7 Å². The Morgan fingerprint density at radius 3 is 2.45 bits per heavy atom. The van der Waals surface area contributed by atoms with Gasteiger partial charge in [-0.15, -0.1) is 11.5 Å². The van der Waals surface area contributed by atoms with Crippen LogP contribution in [0.3, 0.4) is 0 Å². The number of terminal acetylenes is 1. The molecule has 2 N–H and O–H groups in total. The van der Waals surface area contributed by atoms with Gasteiger partial charge in [-0.25, -0.2) is 14.4 Å². The van der Waals surface area contributed by atoms with Gasteiger partial charge >= 0.3 is 17.9 Å². The molecule has 0 spiro atoms. The van der Waals surface area contributed by atoms with E-state index in [1.165, 1.54) is 16.8 Å². The standard InChI is InChI=1S/C16H16N2O4.C15H13Cl2N3O2/c1-2-21-15(19)18-13-9-6-10-14(11-13)22-16(20)17-12-7-4-3-5-8-12;1-2-7-22-13-9-12(10(16)8-11(13)17)20-15(21)19-6-4-3-5-14(19)18-20/h3-11H,2H2,1H3,(H,17,20)(H,18,19);1,8-9H,3-7H2. The van der Waals surface area contributed by atoms with Crippen molar-refractivity contribution in [2.45, 2.75) is 32.7 Å². The average Bonchev–Trinajstić information content (AvgIpc) is 3.34. The third kappa shape index (κ3) is 8.56. The Labute approximate surface area is 263 Å².